The van der Waals surface area contributed by atoms with E-state index in [0.29, 0.717) is 4.88 Å². The molecule has 2 heterocycles. The first-order valence-electron chi connectivity index (χ1n) is 3.90. The molecule has 5 heteroatoms. The van der Waals surface area contributed by atoms with Gasteiger partial charge in [-0.25, -0.2) is 9.78 Å². The molecule has 0 aromatic carbocycles. The predicted molar refractivity (Wildman–Crippen MR) is 53.6 cm³/mol. The molecule has 0 aliphatic carbocycles. The molecule has 14 heavy (non-hydrogen) atoms. The quantitative estimate of drug-likeness (QED) is 0.753. The van der Waals surface area contributed by atoms with Gasteiger partial charge in [-0.05, 0) is 12.1 Å². The Morgan fingerprint density at radius 3 is 2.86 bits per heavy atom. The van der Waals surface area contributed by atoms with Gasteiger partial charge < -0.3 is 4.98 Å². The second-order valence-corrected chi connectivity index (χ2v) is 3.74. The standard InChI is InChI=1S/C9H6N2O2S/c12-5-7-1-2-8(14-7)6-3-10-9(13)11-4-6/h1-5H,(H,10,11,13). The second kappa shape index (κ2) is 3.55. The summed E-state index contributed by atoms with van der Waals surface area (Å²) in [6.45, 7) is 0. The minimum atomic E-state index is -0.374. The highest BCUT2D eigenvalue weighted by Crippen LogP contribution is 2.25. The molecule has 4 nitrogen and oxygen atoms in total. The van der Waals surface area contributed by atoms with E-state index >= 15 is 0 Å². The number of aldehydes is 1. The maximum absolute atomic E-state index is 10.7. The van der Waals surface area contributed by atoms with Crippen LogP contribution in [0.2, 0.25) is 0 Å². The van der Waals surface area contributed by atoms with E-state index in [-0.39, 0.29) is 5.69 Å². The average Bonchev–Trinajstić information content (AvgIpc) is 2.67. The molecule has 0 radical (unpaired) electrons. The molecule has 2 aromatic rings. The number of hydrogen-bond acceptors (Lipinski definition) is 4. The Kier molecular flexibility index (Phi) is 2.24. The van der Waals surface area contributed by atoms with Gasteiger partial charge in [-0.1, -0.05) is 0 Å². The van der Waals surface area contributed by atoms with Crippen LogP contribution in [0, 0.1) is 0 Å². The summed E-state index contributed by atoms with van der Waals surface area (Å²) >= 11 is 1.36. The summed E-state index contributed by atoms with van der Waals surface area (Å²) in [4.78, 5) is 28.8. The van der Waals surface area contributed by atoms with Crippen LogP contribution >= 0.6 is 11.3 Å². The van der Waals surface area contributed by atoms with E-state index in [1.807, 2.05) is 6.07 Å². The number of aromatic amines is 1. The molecule has 0 atom stereocenters. The van der Waals surface area contributed by atoms with E-state index in [1.165, 1.54) is 17.5 Å². The van der Waals surface area contributed by atoms with Gasteiger partial charge in [0.2, 0.25) is 0 Å². The molecule has 2 aromatic heterocycles. The third-order valence-corrected chi connectivity index (χ3v) is 2.76. The molecular weight excluding hydrogens is 200 g/mol. The van der Waals surface area contributed by atoms with Crippen LogP contribution in [0.25, 0.3) is 10.4 Å². The summed E-state index contributed by atoms with van der Waals surface area (Å²) in [6.07, 6.45) is 3.86. The lowest BCUT2D eigenvalue weighted by Gasteiger charge is -1.92. The van der Waals surface area contributed by atoms with Crippen LogP contribution in [0.4, 0.5) is 0 Å². The summed E-state index contributed by atoms with van der Waals surface area (Å²) in [7, 11) is 0. The molecule has 0 unspecified atom stereocenters. The molecule has 70 valence electrons. The van der Waals surface area contributed by atoms with Crippen LogP contribution < -0.4 is 5.69 Å². The van der Waals surface area contributed by atoms with Crippen molar-refractivity contribution in [2.45, 2.75) is 0 Å². The molecule has 0 aliphatic rings. The van der Waals surface area contributed by atoms with Gasteiger partial charge in [0.15, 0.2) is 6.29 Å². The SMILES string of the molecule is O=Cc1ccc(-c2cnc(=O)[nH]c2)s1. The summed E-state index contributed by atoms with van der Waals surface area (Å²) in [5.74, 6) is 0. The number of thiophene rings is 1. The molecule has 0 saturated carbocycles. The smallest absolute Gasteiger partial charge is 0.312 e. The fourth-order valence-corrected chi connectivity index (χ4v) is 1.85. The molecular formula is C9H6N2O2S. The molecule has 0 bridgehead atoms. The minimum absolute atomic E-state index is 0.374. The Labute approximate surface area is 83.3 Å². The number of nitrogens with zero attached hydrogens (tertiary/aromatic N) is 1. The summed E-state index contributed by atoms with van der Waals surface area (Å²) < 4.78 is 0. The Morgan fingerprint density at radius 1 is 1.43 bits per heavy atom. The topological polar surface area (TPSA) is 62.8 Å². The maximum Gasteiger partial charge on any atom is 0.344 e. The molecule has 0 fully saturated rings. The van der Waals surface area contributed by atoms with Crippen LogP contribution in [0.3, 0.4) is 0 Å². The highest BCUT2D eigenvalue weighted by Gasteiger charge is 2.02. The van der Waals surface area contributed by atoms with Gasteiger partial charge >= 0.3 is 5.69 Å². The minimum Gasteiger partial charge on any atom is -0.312 e. The third kappa shape index (κ3) is 1.62. The van der Waals surface area contributed by atoms with E-state index in [0.717, 1.165) is 16.7 Å². The van der Waals surface area contributed by atoms with Crippen molar-refractivity contribution in [2.24, 2.45) is 0 Å². The number of H-pyrrole nitrogens is 1. The summed E-state index contributed by atoms with van der Waals surface area (Å²) in [5, 5.41) is 0. The van der Waals surface area contributed by atoms with Crippen molar-refractivity contribution in [2.75, 3.05) is 0 Å². The van der Waals surface area contributed by atoms with Gasteiger partial charge in [-0.15, -0.1) is 11.3 Å². The lowest BCUT2D eigenvalue weighted by Crippen LogP contribution is -2.07. The van der Waals surface area contributed by atoms with Gasteiger partial charge in [0, 0.05) is 22.8 Å². The molecule has 0 spiro atoms. The first kappa shape index (κ1) is 8.83. The van der Waals surface area contributed by atoms with Crippen LogP contribution in [-0.2, 0) is 0 Å². The van der Waals surface area contributed by atoms with Crippen LogP contribution in [0.15, 0.2) is 29.3 Å². The first-order valence-corrected chi connectivity index (χ1v) is 4.71. The van der Waals surface area contributed by atoms with Crippen LogP contribution in [-0.4, -0.2) is 16.3 Å². The van der Waals surface area contributed by atoms with Gasteiger partial charge in [-0.3, -0.25) is 4.79 Å². The normalized spacial score (nSPS) is 10.0. The summed E-state index contributed by atoms with van der Waals surface area (Å²) in [5.41, 5.74) is 0.434. The lowest BCUT2D eigenvalue weighted by atomic mass is 10.3. The molecule has 0 aliphatic heterocycles. The first-order chi connectivity index (χ1) is 6.79. The van der Waals surface area contributed by atoms with Crippen LogP contribution in [0.1, 0.15) is 9.67 Å². The zero-order valence-corrected chi connectivity index (χ0v) is 7.88. The largest absolute Gasteiger partial charge is 0.344 e. The fraction of sp³-hybridized carbons (Fsp3) is 0. The van der Waals surface area contributed by atoms with E-state index in [2.05, 4.69) is 9.97 Å². The van der Waals surface area contributed by atoms with Gasteiger partial charge in [0.05, 0.1) is 4.88 Å². The monoisotopic (exact) mass is 206 g/mol. The molecule has 0 saturated heterocycles. The number of rotatable bonds is 2. The third-order valence-electron chi connectivity index (χ3n) is 1.70. The molecule has 1 N–H and O–H groups in total. The van der Waals surface area contributed by atoms with Crippen LogP contribution in [0.5, 0.6) is 0 Å². The Hall–Kier alpha value is -1.75. The van der Waals surface area contributed by atoms with Gasteiger partial charge in [0.1, 0.15) is 0 Å². The van der Waals surface area contributed by atoms with Crippen molar-refractivity contribution < 1.29 is 4.79 Å². The zero-order chi connectivity index (χ0) is 9.97. The number of hydrogen-bond donors (Lipinski definition) is 1. The highest BCUT2D eigenvalue weighted by molar-refractivity contribution is 7.17. The van der Waals surface area contributed by atoms with Crippen molar-refractivity contribution >= 4 is 17.6 Å². The number of aromatic nitrogens is 2. The summed E-state index contributed by atoms with van der Waals surface area (Å²) in [6, 6.07) is 3.56. The van der Waals surface area contributed by atoms with Crippen molar-refractivity contribution in [1.82, 2.24) is 9.97 Å². The van der Waals surface area contributed by atoms with Crippen molar-refractivity contribution in [3.05, 3.63) is 39.9 Å². The average molecular weight is 206 g/mol. The van der Waals surface area contributed by atoms with Crippen molar-refractivity contribution in [1.29, 1.82) is 0 Å². The maximum atomic E-state index is 10.7. The Bertz CT molecular complexity index is 495. The molecule has 0 amide bonds. The van der Waals surface area contributed by atoms with E-state index in [1.54, 1.807) is 12.3 Å². The van der Waals surface area contributed by atoms with E-state index in [4.69, 9.17) is 0 Å². The van der Waals surface area contributed by atoms with Crippen molar-refractivity contribution in [3.8, 4) is 10.4 Å². The fourth-order valence-electron chi connectivity index (χ4n) is 1.05. The van der Waals surface area contributed by atoms with Crippen molar-refractivity contribution in [3.63, 3.8) is 0 Å². The number of carbonyl (C=O) groups excluding carboxylic acids is 1. The second-order valence-electron chi connectivity index (χ2n) is 2.63. The predicted octanol–water partition coefficient (Wildman–Crippen LogP) is 1.31. The number of carbonyl (C=O) groups is 1. The van der Waals surface area contributed by atoms with E-state index < -0.39 is 0 Å². The molecule has 2 rings (SSSR count). The highest BCUT2D eigenvalue weighted by atomic mass is 32.1. The van der Waals surface area contributed by atoms with Gasteiger partial charge in [-0.2, -0.15) is 0 Å². The number of nitrogens with one attached hydrogen (secondary N) is 1. The Morgan fingerprint density at radius 2 is 2.29 bits per heavy atom. The zero-order valence-electron chi connectivity index (χ0n) is 7.06. The Balaban J connectivity index is 2.44. The van der Waals surface area contributed by atoms with E-state index in [9.17, 15) is 9.59 Å². The lowest BCUT2D eigenvalue weighted by molar-refractivity contribution is 0.112. The van der Waals surface area contributed by atoms with Gasteiger partial charge in [0.25, 0.3) is 0 Å².